The minimum atomic E-state index is -0.263. The topological polar surface area (TPSA) is 21.7 Å². The van der Waals surface area contributed by atoms with E-state index >= 15 is 0 Å². The van der Waals surface area contributed by atoms with Crippen LogP contribution >= 0.6 is 12.4 Å². The van der Waals surface area contributed by atoms with Crippen LogP contribution in [0.5, 0.6) is 5.75 Å². The fraction of sp³-hybridized carbons (Fsp3) is 0.714. The van der Waals surface area contributed by atoms with Crippen LogP contribution in [0.2, 0.25) is 0 Å². The number of ether oxygens (including phenoxy) is 2. The summed E-state index contributed by atoms with van der Waals surface area (Å²) in [5.41, 5.74) is 0.920. The number of aryl methyl sites for hydroxylation is 1. The maximum atomic E-state index is 6.62. The van der Waals surface area contributed by atoms with Gasteiger partial charge in [-0.05, 0) is 57.3 Å². The van der Waals surface area contributed by atoms with E-state index in [4.69, 9.17) is 9.47 Å². The SMILES string of the molecule is Cc1ccccc1OC(COCCN(C)C)(CC(C)C)CC(C)C.Cl. The molecule has 0 spiro atoms. The predicted molar refractivity (Wildman–Crippen MR) is 110 cm³/mol. The minimum absolute atomic E-state index is 0. The highest BCUT2D eigenvalue weighted by Crippen LogP contribution is 2.32. The summed E-state index contributed by atoms with van der Waals surface area (Å²) in [5, 5.41) is 0. The highest BCUT2D eigenvalue weighted by atomic mass is 35.5. The standard InChI is InChI=1S/C21H37NO2.ClH/c1-17(2)14-21(15-18(3)4,16-23-13-12-22(6)7)24-20-11-9-8-10-19(20)5;/h8-11,17-18H,12-16H2,1-7H3;1H. The number of para-hydroxylation sites is 1. The van der Waals surface area contributed by atoms with Crippen LogP contribution in [-0.4, -0.2) is 44.4 Å². The van der Waals surface area contributed by atoms with Crippen molar-refractivity contribution in [2.45, 2.75) is 53.1 Å². The number of hydrogen-bond donors (Lipinski definition) is 0. The molecule has 0 amide bonds. The van der Waals surface area contributed by atoms with Crippen LogP contribution in [0.25, 0.3) is 0 Å². The molecule has 0 aliphatic carbocycles. The Morgan fingerprint density at radius 3 is 2.04 bits per heavy atom. The van der Waals surface area contributed by atoms with Gasteiger partial charge >= 0.3 is 0 Å². The lowest BCUT2D eigenvalue weighted by molar-refractivity contribution is -0.0542. The maximum Gasteiger partial charge on any atom is 0.133 e. The highest BCUT2D eigenvalue weighted by molar-refractivity contribution is 5.85. The zero-order valence-electron chi connectivity index (χ0n) is 17.2. The smallest absolute Gasteiger partial charge is 0.133 e. The quantitative estimate of drug-likeness (QED) is 0.498. The summed E-state index contributed by atoms with van der Waals surface area (Å²) >= 11 is 0. The Morgan fingerprint density at radius 2 is 1.56 bits per heavy atom. The van der Waals surface area contributed by atoms with Crippen molar-refractivity contribution in [1.82, 2.24) is 4.90 Å². The lowest BCUT2D eigenvalue weighted by Gasteiger charge is -2.38. The third-order valence-corrected chi connectivity index (χ3v) is 4.03. The van der Waals surface area contributed by atoms with Crippen molar-refractivity contribution in [3.05, 3.63) is 29.8 Å². The third kappa shape index (κ3) is 9.48. The van der Waals surface area contributed by atoms with Gasteiger partial charge in [-0.25, -0.2) is 0 Å². The van der Waals surface area contributed by atoms with Crippen molar-refractivity contribution in [3.63, 3.8) is 0 Å². The first kappa shape index (κ1) is 24.2. The largest absolute Gasteiger partial charge is 0.485 e. The number of hydrogen-bond acceptors (Lipinski definition) is 3. The molecule has 1 rings (SSSR count). The Labute approximate surface area is 161 Å². The molecule has 1 aromatic rings. The van der Waals surface area contributed by atoms with Gasteiger partial charge in [0.25, 0.3) is 0 Å². The van der Waals surface area contributed by atoms with Gasteiger partial charge in [0.05, 0.1) is 13.2 Å². The number of rotatable bonds is 11. The lowest BCUT2D eigenvalue weighted by atomic mass is 9.85. The van der Waals surface area contributed by atoms with Gasteiger partial charge in [-0.15, -0.1) is 12.4 Å². The first-order valence-electron chi connectivity index (χ1n) is 9.21. The Kier molecular flexibility index (Phi) is 11.4. The summed E-state index contributed by atoms with van der Waals surface area (Å²) in [5.74, 6) is 2.10. The Morgan fingerprint density at radius 1 is 1.00 bits per heavy atom. The van der Waals surface area contributed by atoms with Crippen LogP contribution in [-0.2, 0) is 4.74 Å². The summed E-state index contributed by atoms with van der Waals surface area (Å²) < 4.78 is 12.7. The second-order valence-electron chi connectivity index (χ2n) is 8.10. The van der Waals surface area contributed by atoms with Crippen molar-refractivity contribution >= 4 is 12.4 Å². The van der Waals surface area contributed by atoms with Gasteiger partial charge in [0, 0.05) is 6.54 Å². The molecular weight excluding hydrogens is 334 g/mol. The summed E-state index contributed by atoms with van der Waals surface area (Å²) in [6.45, 7) is 13.5. The molecule has 25 heavy (non-hydrogen) atoms. The number of halogens is 1. The molecule has 0 unspecified atom stereocenters. The molecule has 0 aliphatic heterocycles. The molecule has 0 radical (unpaired) electrons. The third-order valence-electron chi connectivity index (χ3n) is 4.03. The minimum Gasteiger partial charge on any atom is -0.485 e. The van der Waals surface area contributed by atoms with Gasteiger partial charge in [0.15, 0.2) is 0 Å². The molecule has 146 valence electrons. The molecule has 0 heterocycles. The van der Waals surface area contributed by atoms with E-state index in [0.29, 0.717) is 18.4 Å². The Bertz CT molecular complexity index is 465. The summed E-state index contributed by atoms with van der Waals surface area (Å²) in [6, 6.07) is 8.29. The predicted octanol–water partition coefficient (Wildman–Crippen LogP) is 5.20. The first-order valence-corrected chi connectivity index (χ1v) is 9.21. The van der Waals surface area contributed by atoms with Crippen molar-refractivity contribution in [2.75, 3.05) is 33.9 Å². The van der Waals surface area contributed by atoms with Crippen LogP contribution < -0.4 is 4.74 Å². The molecular formula is C21H38ClNO2. The fourth-order valence-electron chi connectivity index (χ4n) is 3.21. The second-order valence-corrected chi connectivity index (χ2v) is 8.10. The van der Waals surface area contributed by atoms with Crippen molar-refractivity contribution in [3.8, 4) is 5.75 Å². The lowest BCUT2D eigenvalue weighted by Crippen LogP contribution is -2.44. The summed E-state index contributed by atoms with van der Waals surface area (Å²) in [7, 11) is 4.14. The van der Waals surface area contributed by atoms with Gasteiger partial charge in [-0.3, -0.25) is 0 Å². The molecule has 0 saturated carbocycles. The van der Waals surface area contributed by atoms with Crippen LogP contribution in [0.4, 0.5) is 0 Å². The molecule has 0 bridgehead atoms. The first-order chi connectivity index (χ1) is 11.2. The van der Waals surface area contributed by atoms with Gasteiger partial charge in [0.1, 0.15) is 11.4 Å². The van der Waals surface area contributed by atoms with Crippen molar-refractivity contribution in [2.24, 2.45) is 11.8 Å². The zero-order valence-corrected chi connectivity index (χ0v) is 18.0. The van der Waals surface area contributed by atoms with Gasteiger partial charge < -0.3 is 14.4 Å². The summed E-state index contributed by atoms with van der Waals surface area (Å²) in [4.78, 5) is 2.15. The van der Waals surface area contributed by atoms with E-state index in [1.807, 2.05) is 6.07 Å². The molecule has 1 aromatic carbocycles. The van der Waals surface area contributed by atoms with Crippen LogP contribution in [0.15, 0.2) is 24.3 Å². The average molecular weight is 372 g/mol. The molecule has 0 atom stereocenters. The van der Waals surface area contributed by atoms with E-state index in [0.717, 1.165) is 31.7 Å². The zero-order chi connectivity index (χ0) is 18.2. The number of nitrogens with zero attached hydrogens (tertiary/aromatic N) is 1. The second kappa shape index (κ2) is 11.8. The van der Waals surface area contributed by atoms with E-state index in [9.17, 15) is 0 Å². The van der Waals surface area contributed by atoms with Crippen molar-refractivity contribution in [1.29, 1.82) is 0 Å². The molecule has 0 fully saturated rings. The summed E-state index contributed by atoms with van der Waals surface area (Å²) in [6.07, 6.45) is 2.00. The van der Waals surface area contributed by atoms with Crippen molar-refractivity contribution < 1.29 is 9.47 Å². The number of likely N-dealkylation sites (N-methyl/N-ethyl adjacent to an activating group) is 1. The van der Waals surface area contributed by atoms with E-state index in [1.54, 1.807) is 0 Å². The average Bonchev–Trinajstić information content (AvgIpc) is 2.44. The van der Waals surface area contributed by atoms with E-state index < -0.39 is 0 Å². The maximum absolute atomic E-state index is 6.62. The van der Waals surface area contributed by atoms with Crippen LogP contribution in [0, 0.1) is 18.8 Å². The van der Waals surface area contributed by atoms with Crippen LogP contribution in [0.1, 0.15) is 46.1 Å². The van der Waals surface area contributed by atoms with Gasteiger partial charge in [0.2, 0.25) is 0 Å². The number of benzene rings is 1. The molecule has 0 aromatic heterocycles. The molecule has 3 nitrogen and oxygen atoms in total. The van der Waals surface area contributed by atoms with Gasteiger partial charge in [-0.1, -0.05) is 45.9 Å². The van der Waals surface area contributed by atoms with Crippen LogP contribution in [0.3, 0.4) is 0 Å². The Balaban J connectivity index is 0.00000576. The normalized spacial score (nSPS) is 11.9. The fourth-order valence-corrected chi connectivity index (χ4v) is 3.21. The highest BCUT2D eigenvalue weighted by Gasteiger charge is 2.35. The molecule has 4 heteroatoms. The van der Waals surface area contributed by atoms with E-state index in [-0.39, 0.29) is 18.0 Å². The van der Waals surface area contributed by atoms with Gasteiger partial charge in [-0.2, -0.15) is 0 Å². The molecule has 0 aliphatic rings. The molecule has 0 N–H and O–H groups in total. The van der Waals surface area contributed by atoms with E-state index in [1.165, 1.54) is 5.56 Å². The Hall–Kier alpha value is -0.770. The monoisotopic (exact) mass is 371 g/mol. The van der Waals surface area contributed by atoms with E-state index in [2.05, 4.69) is 71.8 Å². The molecule has 0 saturated heterocycles.